The fourth-order valence-corrected chi connectivity index (χ4v) is 5.38. The second kappa shape index (κ2) is 5.68. The molecule has 0 radical (unpaired) electrons. The molecule has 0 aromatic carbocycles. The van der Waals surface area contributed by atoms with Crippen LogP contribution in [0, 0.1) is 5.92 Å². The molecule has 0 atom stereocenters. The minimum absolute atomic E-state index is 0.0631. The van der Waals surface area contributed by atoms with Gasteiger partial charge in [-0.25, -0.2) is 0 Å². The fourth-order valence-electron chi connectivity index (χ4n) is 4.20. The number of fused-ring (bicyclic) bond motifs is 2. The van der Waals surface area contributed by atoms with E-state index in [1.807, 2.05) is 11.3 Å². The maximum absolute atomic E-state index is 6.36. The van der Waals surface area contributed by atoms with Gasteiger partial charge in [0.15, 0.2) is 0 Å². The van der Waals surface area contributed by atoms with E-state index >= 15 is 0 Å². The van der Waals surface area contributed by atoms with Crippen LogP contribution in [0.5, 0.6) is 0 Å². The van der Waals surface area contributed by atoms with Crippen LogP contribution in [0.1, 0.15) is 54.3 Å². The van der Waals surface area contributed by atoms with Gasteiger partial charge >= 0.3 is 0 Å². The predicted octanol–water partition coefficient (Wildman–Crippen LogP) is 3.97. The zero-order valence-corrected chi connectivity index (χ0v) is 14.0. The third kappa shape index (κ3) is 2.58. The summed E-state index contributed by atoms with van der Waals surface area (Å²) in [5, 5.41) is 0. The predicted molar refractivity (Wildman–Crippen MR) is 88.0 cm³/mol. The normalized spacial score (nSPS) is 25.8. The maximum Gasteiger partial charge on any atom is 0.0966 e. The quantitative estimate of drug-likeness (QED) is 0.837. The van der Waals surface area contributed by atoms with Crippen LogP contribution in [-0.4, -0.2) is 31.1 Å². The van der Waals surface area contributed by atoms with Crippen LogP contribution in [0.2, 0.25) is 0 Å². The average Bonchev–Trinajstić information content (AvgIpc) is 2.90. The summed E-state index contributed by atoms with van der Waals surface area (Å²) in [4.78, 5) is 5.85. The highest BCUT2D eigenvalue weighted by molar-refractivity contribution is 7.12. The number of hydrogen-bond acceptors (Lipinski definition) is 3. The number of likely N-dealkylation sites (tertiary alicyclic amines) is 1. The van der Waals surface area contributed by atoms with Crippen LogP contribution in [0.3, 0.4) is 0 Å². The number of hydrogen-bond donors (Lipinski definition) is 0. The SMILES string of the molecule is CCc1cc2c(s1)CCOC21CCN(CC2CCC2)CC1. The number of aryl methyl sites for hydroxylation is 1. The van der Waals surface area contributed by atoms with E-state index in [0.29, 0.717) is 0 Å². The third-order valence-corrected chi connectivity index (χ3v) is 7.15. The standard InChI is InChI=1S/C18H27NOS/c1-2-15-12-16-17(21-15)6-11-20-18(16)7-9-19(10-8-18)13-14-4-3-5-14/h12,14H,2-11,13H2,1H3. The van der Waals surface area contributed by atoms with E-state index in [9.17, 15) is 0 Å². The summed E-state index contributed by atoms with van der Waals surface area (Å²) in [6.07, 6.45) is 9.09. The van der Waals surface area contributed by atoms with Crippen molar-refractivity contribution in [2.24, 2.45) is 5.92 Å². The lowest BCUT2D eigenvalue weighted by atomic mass is 9.80. The van der Waals surface area contributed by atoms with Crippen molar-refractivity contribution in [2.75, 3.05) is 26.2 Å². The molecule has 1 spiro atoms. The van der Waals surface area contributed by atoms with E-state index in [4.69, 9.17) is 4.74 Å². The Balaban J connectivity index is 1.47. The lowest BCUT2D eigenvalue weighted by Crippen LogP contribution is -2.47. The minimum Gasteiger partial charge on any atom is -0.370 e. The maximum atomic E-state index is 6.36. The monoisotopic (exact) mass is 305 g/mol. The molecular formula is C18H27NOS. The first-order valence-corrected chi connectivity index (χ1v) is 9.59. The van der Waals surface area contributed by atoms with Crippen molar-refractivity contribution in [1.82, 2.24) is 4.90 Å². The number of nitrogens with zero attached hydrogens (tertiary/aromatic N) is 1. The van der Waals surface area contributed by atoms with Crippen molar-refractivity contribution in [2.45, 2.75) is 57.5 Å². The van der Waals surface area contributed by atoms with Crippen molar-refractivity contribution in [3.63, 3.8) is 0 Å². The molecule has 4 rings (SSSR count). The van der Waals surface area contributed by atoms with E-state index < -0.39 is 0 Å². The molecule has 1 saturated heterocycles. The molecule has 2 fully saturated rings. The highest BCUT2D eigenvalue weighted by atomic mass is 32.1. The van der Waals surface area contributed by atoms with Gasteiger partial charge in [-0.1, -0.05) is 13.3 Å². The van der Waals surface area contributed by atoms with Crippen molar-refractivity contribution in [3.05, 3.63) is 21.4 Å². The van der Waals surface area contributed by atoms with Gasteiger partial charge in [0.2, 0.25) is 0 Å². The number of thiophene rings is 1. The molecule has 0 bridgehead atoms. The molecule has 1 aromatic heterocycles. The summed E-state index contributed by atoms with van der Waals surface area (Å²) in [5.41, 5.74) is 1.62. The van der Waals surface area contributed by atoms with Crippen LogP contribution in [0.25, 0.3) is 0 Å². The summed E-state index contributed by atoms with van der Waals surface area (Å²) >= 11 is 2.03. The smallest absolute Gasteiger partial charge is 0.0966 e. The third-order valence-electron chi connectivity index (χ3n) is 5.81. The molecule has 1 saturated carbocycles. The lowest BCUT2D eigenvalue weighted by molar-refractivity contribution is -0.0992. The summed E-state index contributed by atoms with van der Waals surface area (Å²) in [7, 11) is 0. The van der Waals surface area contributed by atoms with Crippen LogP contribution in [-0.2, 0) is 23.2 Å². The molecule has 2 nitrogen and oxygen atoms in total. The summed E-state index contributed by atoms with van der Waals surface area (Å²) in [5.74, 6) is 0.995. The van der Waals surface area contributed by atoms with E-state index in [1.165, 1.54) is 58.2 Å². The first kappa shape index (κ1) is 14.2. The zero-order valence-electron chi connectivity index (χ0n) is 13.2. The molecule has 2 aliphatic heterocycles. The molecule has 3 heteroatoms. The average molecular weight is 305 g/mol. The van der Waals surface area contributed by atoms with Crippen molar-refractivity contribution in [1.29, 1.82) is 0 Å². The zero-order chi connectivity index (χ0) is 14.3. The summed E-state index contributed by atoms with van der Waals surface area (Å²) < 4.78 is 6.36. The first-order chi connectivity index (χ1) is 10.3. The van der Waals surface area contributed by atoms with Gasteiger partial charge in [0.05, 0.1) is 12.2 Å². The lowest BCUT2D eigenvalue weighted by Gasteiger charge is -2.45. The summed E-state index contributed by atoms with van der Waals surface area (Å²) in [6, 6.07) is 2.46. The van der Waals surface area contributed by atoms with Gasteiger partial charge < -0.3 is 9.64 Å². The molecule has 0 unspecified atom stereocenters. The van der Waals surface area contributed by atoms with E-state index in [-0.39, 0.29) is 5.60 Å². The van der Waals surface area contributed by atoms with Crippen molar-refractivity contribution >= 4 is 11.3 Å². The Hall–Kier alpha value is -0.380. The number of rotatable bonds is 3. The van der Waals surface area contributed by atoms with Crippen LogP contribution in [0.15, 0.2) is 6.07 Å². The number of ether oxygens (including phenoxy) is 1. The molecule has 1 aromatic rings. The van der Waals surface area contributed by atoms with E-state index in [0.717, 1.165) is 18.9 Å². The Morgan fingerprint density at radius 2 is 2.14 bits per heavy atom. The Labute approximate surface area is 132 Å². The molecule has 1 aliphatic carbocycles. The van der Waals surface area contributed by atoms with Gasteiger partial charge in [-0.15, -0.1) is 11.3 Å². The Morgan fingerprint density at radius 1 is 1.33 bits per heavy atom. The van der Waals surface area contributed by atoms with Crippen molar-refractivity contribution in [3.8, 4) is 0 Å². The first-order valence-electron chi connectivity index (χ1n) is 8.77. The van der Waals surface area contributed by atoms with E-state index in [2.05, 4.69) is 17.9 Å². The van der Waals surface area contributed by atoms with E-state index in [1.54, 1.807) is 15.3 Å². The highest BCUT2D eigenvalue weighted by Gasteiger charge is 2.42. The van der Waals surface area contributed by atoms with Gasteiger partial charge in [0.25, 0.3) is 0 Å². The molecule has 0 amide bonds. The van der Waals surface area contributed by atoms with Gasteiger partial charge in [-0.2, -0.15) is 0 Å². The molecular weight excluding hydrogens is 278 g/mol. The summed E-state index contributed by atoms with van der Waals surface area (Å²) in [6.45, 7) is 7.00. The molecule has 0 N–H and O–H groups in total. The van der Waals surface area contributed by atoms with Gasteiger partial charge in [0.1, 0.15) is 0 Å². The van der Waals surface area contributed by atoms with Gasteiger partial charge in [0, 0.05) is 35.8 Å². The Bertz CT molecular complexity index is 497. The molecule has 3 heterocycles. The van der Waals surface area contributed by atoms with Crippen LogP contribution in [0.4, 0.5) is 0 Å². The van der Waals surface area contributed by atoms with Crippen LogP contribution < -0.4 is 0 Å². The van der Waals surface area contributed by atoms with Crippen LogP contribution >= 0.6 is 11.3 Å². The van der Waals surface area contributed by atoms with Crippen molar-refractivity contribution < 1.29 is 4.74 Å². The Kier molecular flexibility index (Phi) is 3.85. The highest BCUT2D eigenvalue weighted by Crippen LogP contribution is 2.45. The minimum atomic E-state index is 0.0631. The fraction of sp³-hybridized carbons (Fsp3) is 0.778. The van der Waals surface area contributed by atoms with Gasteiger partial charge in [-0.3, -0.25) is 0 Å². The second-order valence-corrected chi connectivity index (χ2v) is 8.31. The molecule has 3 aliphatic rings. The topological polar surface area (TPSA) is 12.5 Å². The Morgan fingerprint density at radius 3 is 2.81 bits per heavy atom. The largest absolute Gasteiger partial charge is 0.370 e. The van der Waals surface area contributed by atoms with Gasteiger partial charge in [-0.05, 0) is 49.7 Å². The number of piperidine rings is 1. The second-order valence-electron chi connectivity index (χ2n) is 7.09. The molecule has 116 valence electrons. The molecule has 21 heavy (non-hydrogen) atoms.